The molecule has 1 atom stereocenters. The van der Waals surface area contributed by atoms with E-state index in [1.54, 1.807) is 7.05 Å². The third-order valence-corrected chi connectivity index (χ3v) is 5.19. The Morgan fingerprint density at radius 3 is 2.63 bits per heavy atom. The number of hydrogen-bond acceptors (Lipinski definition) is 3. The monoisotopic (exact) mass is 486 g/mol. The van der Waals surface area contributed by atoms with Crippen LogP contribution in [0.4, 0.5) is 5.69 Å². The highest BCUT2D eigenvalue weighted by atomic mass is 127. The molecule has 1 aromatic rings. The normalized spacial score (nSPS) is 23.1. The number of carbonyl (C=O) groups excluding carboxylic acids is 1. The van der Waals surface area contributed by atoms with Crippen LogP contribution in [0.5, 0.6) is 0 Å². The average Bonchev–Trinajstić information content (AvgIpc) is 3.10. The number of nitrogens with one attached hydrogen (secondary N) is 2. The number of piperidine rings is 1. The summed E-state index contributed by atoms with van der Waals surface area (Å²) >= 11 is 0. The fraction of sp³-hybridized carbons (Fsp3) is 0.600. The molecule has 3 rings (SSSR count). The molecule has 0 spiro atoms. The van der Waals surface area contributed by atoms with Crippen LogP contribution < -0.4 is 15.5 Å². The highest BCUT2D eigenvalue weighted by Gasteiger charge is 2.29. The molecule has 0 bridgehead atoms. The largest absolute Gasteiger partial charge is 0.373 e. The summed E-state index contributed by atoms with van der Waals surface area (Å²) in [4.78, 5) is 18.2. The van der Waals surface area contributed by atoms with Gasteiger partial charge < -0.3 is 20.3 Å². The Balaban J connectivity index is 0.00000261. The molecule has 7 heteroatoms. The van der Waals surface area contributed by atoms with Crippen LogP contribution in [0.2, 0.25) is 0 Å². The molecule has 2 heterocycles. The number of benzene rings is 1. The van der Waals surface area contributed by atoms with Crippen LogP contribution in [0.3, 0.4) is 0 Å². The number of halogens is 1. The van der Waals surface area contributed by atoms with Gasteiger partial charge in [0.15, 0.2) is 5.96 Å². The van der Waals surface area contributed by atoms with Crippen LogP contribution in [0.25, 0.3) is 0 Å². The first-order valence-electron chi connectivity index (χ1n) is 9.57. The van der Waals surface area contributed by atoms with Gasteiger partial charge in [0.05, 0.1) is 5.60 Å². The van der Waals surface area contributed by atoms with Crippen LogP contribution in [0.1, 0.15) is 44.6 Å². The minimum Gasteiger partial charge on any atom is -0.373 e. The molecule has 2 fully saturated rings. The van der Waals surface area contributed by atoms with Gasteiger partial charge in [-0.25, -0.2) is 0 Å². The molecule has 0 aromatic heterocycles. The van der Waals surface area contributed by atoms with Crippen LogP contribution >= 0.6 is 24.0 Å². The molecule has 2 aliphatic heterocycles. The number of guanidine groups is 1. The molecule has 1 aromatic carbocycles. The van der Waals surface area contributed by atoms with Crippen molar-refractivity contribution in [3.05, 3.63) is 29.8 Å². The Morgan fingerprint density at radius 2 is 2.00 bits per heavy atom. The van der Waals surface area contributed by atoms with E-state index in [4.69, 9.17) is 4.74 Å². The molecule has 6 nitrogen and oxygen atoms in total. The molecule has 27 heavy (non-hydrogen) atoms. The van der Waals surface area contributed by atoms with Gasteiger partial charge in [-0.15, -0.1) is 24.0 Å². The van der Waals surface area contributed by atoms with Crippen molar-refractivity contribution >= 4 is 41.5 Å². The summed E-state index contributed by atoms with van der Waals surface area (Å²) in [7, 11) is 1.78. The van der Waals surface area contributed by atoms with Gasteiger partial charge in [0.2, 0.25) is 5.91 Å². The van der Waals surface area contributed by atoms with Crippen molar-refractivity contribution in [3.63, 3.8) is 0 Å². The van der Waals surface area contributed by atoms with Crippen LogP contribution in [-0.4, -0.2) is 44.2 Å². The summed E-state index contributed by atoms with van der Waals surface area (Å²) in [5, 5.41) is 6.69. The number of nitrogens with zero attached hydrogens (tertiary/aromatic N) is 2. The first-order chi connectivity index (χ1) is 12.6. The lowest BCUT2D eigenvalue weighted by atomic mass is 10.0. The van der Waals surface area contributed by atoms with Crippen LogP contribution in [-0.2, 0) is 16.1 Å². The lowest BCUT2D eigenvalue weighted by Crippen LogP contribution is -2.45. The predicted octanol–water partition coefficient (Wildman–Crippen LogP) is 3.06. The fourth-order valence-electron chi connectivity index (χ4n) is 3.53. The second-order valence-corrected chi connectivity index (χ2v) is 7.35. The third-order valence-electron chi connectivity index (χ3n) is 5.19. The maximum atomic E-state index is 12.0. The lowest BCUT2D eigenvalue weighted by Gasteiger charge is -2.27. The van der Waals surface area contributed by atoms with Gasteiger partial charge in [-0.3, -0.25) is 9.79 Å². The van der Waals surface area contributed by atoms with Gasteiger partial charge in [-0.2, -0.15) is 0 Å². The Morgan fingerprint density at radius 1 is 1.22 bits per heavy atom. The molecule has 150 valence electrons. The topological polar surface area (TPSA) is 66.0 Å². The Labute approximate surface area is 179 Å². The highest BCUT2D eigenvalue weighted by molar-refractivity contribution is 14.0. The second-order valence-electron chi connectivity index (χ2n) is 7.35. The molecule has 0 saturated carbocycles. The molecule has 0 radical (unpaired) electrons. The predicted molar refractivity (Wildman–Crippen MR) is 120 cm³/mol. The lowest BCUT2D eigenvalue weighted by molar-refractivity contribution is -0.119. The Bertz CT molecular complexity index is 642. The first kappa shape index (κ1) is 21.9. The van der Waals surface area contributed by atoms with E-state index in [1.165, 1.54) is 0 Å². The number of ether oxygens (including phenoxy) is 1. The van der Waals surface area contributed by atoms with Crippen molar-refractivity contribution in [1.29, 1.82) is 0 Å². The smallest absolute Gasteiger partial charge is 0.226 e. The molecular weight excluding hydrogens is 455 g/mol. The first-order valence-corrected chi connectivity index (χ1v) is 9.57. The van der Waals surface area contributed by atoms with Gasteiger partial charge in [-0.05, 0) is 50.3 Å². The summed E-state index contributed by atoms with van der Waals surface area (Å²) in [6, 6.07) is 8.20. The number of carbonyl (C=O) groups is 1. The molecule has 0 aliphatic carbocycles. The summed E-state index contributed by atoms with van der Waals surface area (Å²) in [6.07, 6.45) is 4.95. The van der Waals surface area contributed by atoms with E-state index >= 15 is 0 Å². The zero-order chi connectivity index (χ0) is 18.4. The zero-order valence-corrected chi connectivity index (χ0v) is 18.6. The van der Waals surface area contributed by atoms with E-state index < -0.39 is 0 Å². The molecular formula is C20H31IN4O2. The van der Waals surface area contributed by atoms with Crippen molar-refractivity contribution in [1.82, 2.24) is 10.6 Å². The summed E-state index contributed by atoms with van der Waals surface area (Å²) in [5.74, 6) is 1.01. The van der Waals surface area contributed by atoms with Gasteiger partial charge in [-0.1, -0.05) is 12.1 Å². The Kier molecular flexibility index (Phi) is 8.34. The second kappa shape index (κ2) is 10.3. The number of rotatable bonds is 5. The Hall–Kier alpha value is -1.35. The van der Waals surface area contributed by atoms with Gasteiger partial charge in [0, 0.05) is 45.4 Å². The minimum atomic E-state index is -0.0970. The number of amides is 1. The van der Waals surface area contributed by atoms with Crippen molar-refractivity contribution < 1.29 is 9.53 Å². The SMILES string of the molecule is CN=C(NCc1ccc(N2CCCCC2=O)cc1)NCC1(C)CCCO1.I. The van der Waals surface area contributed by atoms with Crippen LogP contribution in [0.15, 0.2) is 29.3 Å². The number of anilines is 1. The number of aliphatic imine (C=N–C) groups is 1. The average molecular weight is 486 g/mol. The molecule has 2 aliphatic rings. The van der Waals surface area contributed by atoms with E-state index in [2.05, 4.69) is 34.7 Å². The summed E-state index contributed by atoms with van der Waals surface area (Å²) < 4.78 is 5.80. The highest BCUT2D eigenvalue weighted by Crippen LogP contribution is 2.24. The van der Waals surface area contributed by atoms with Crippen molar-refractivity contribution in [2.24, 2.45) is 4.99 Å². The fourth-order valence-corrected chi connectivity index (χ4v) is 3.53. The van der Waals surface area contributed by atoms with E-state index in [1.807, 2.05) is 17.0 Å². The minimum absolute atomic E-state index is 0. The third kappa shape index (κ3) is 6.07. The molecule has 2 N–H and O–H groups in total. The maximum absolute atomic E-state index is 12.0. The molecule has 1 amide bonds. The van der Waals surface area contributed by atoms with Crippen molar-refractivity contribution in [3.8, 4) is 0 Å². The molecule has 1 unspecified atom stereocenters. The quantitative estimate of drug-likeness (QED) is 0.382. The van der Waals surface area contributed by atoms with E-state index in [0.717, 1.165) is 62.6 Å². The maximum Gasteiger partial charge on any atom is 0.226 e. The number of hydrogen-bond donors (Lipinski definition) is 2. The van der Waals surface area contributed by atoms with E-state index in [-0.39, 0.29) is 35.5 Å². The zero-order valence-electron chi connectivity index (χ0n) is 16.3. The van der Waals surface area contributed by atoms with Crippen molar-refractivity contribution in [2.45, 2.75) is 51.2 Å². The van der Waals surface area contributed by atoms with Crippen LogP contribution in [0, 0.1) is 0 Å². The summed E-state index contributed by atoms with van der Waals surface area (Å²) in [5.41, 5.74) is 2.05. The van der Waals surface area contributed by atoms with E-state index in [0.29, 0.717) is 13.0 Å². The standard InChI is InChI=1S/C20H30N4O2.HI/c1-20(11-5-13-26-20)15-23-19(21-2)22-14-16-7-9-17(10-8-16)24-12-4-3-6-18(24)25;/h7-10H,3-6,11-15H2,1-2H3,(H2,21,22,23);1H. The van der Waals surface area contributed by atoms with E-state index in [9.17, 15) is 4.79 Å². The summed E-state index contributed by atoms with van der Waals surface area (Å²) in [6.45, 7) is 5.25. The molecule has 2 saturated heterocycles. The van der Waals surface area contributed by atoms with Gasteiger partial charge in [0.1, 0.15) is 0 Å². The van der Waals surface area contributed by atoms with Gasteiger partial charge >= 0.3 is 0 Å². The van der Waals surface area contributed by atoms with Crippen molar-refractivity contribution in [2.75, 3.05) is 31.6 Å². The van der Waals surface area contributed by atoms with Gasteiger partial charge in [0.25, 0.3) is 0 Å².